The van der Waals surface area contributed by atoms with Gasteiger partial charge in [0.1, 0.15) is 6.54 Å². The molecule has 0 radical (unpaired) electrons. The minimum atomic E-state index is 0. The number of halogens is 2. The Morgan fingerprint density at radius 3 is 2.65 bits per heavy atom. The Kier molecular flexibility index (Phi) is 4.28. The molecule has 4 nitrogen and oxygen atoms in total. The second-order valence-corrected chi connectivity index (χ2v) is 5.90. The predicted molar refractivity (Wildman–Crippen MR) is 94.6 cm³/mol. The highest BCUT2D eigenvalue weighted by Crippen LogP contribution is 2.35. The lowest BCUT2D eigenvalue weighted by Gasteiger charge is -2.21. The zero-order valence-electron chi connectivity index (χ0n) is 12.2. The van der Waals surface area contributed by atoms with E-state index in [0.29, 0.717) is 17.5 Å². The summed E-state index contributed by atoms with van der Waals surface area (Å²) in [5, 5.41) is 4.00. The van der Waals surface area contributed by atoms with Crippen LogP contribution in [-0.2, 0) is 4.79 Å². The van der Waals surface area contributed by atoms with Crippen molar-refractivity contribution in [1.29, 1.82) is 0 Å². The van der Waals surface area contributed by atoms with E-state index >= 15 is 0 Å². The average Bonchev–Trinajstić information content (AvgIpc) is 2.79. The van der Waals surface area contributed by atoms with E-state index in [1.807, 2.05) is 42.5 Å². The van der Waals surface area contributed by atoms with Gasteiger partial charge in [-0.05, 0) is 29.3 Å². The van der Waals surface area contributed by atoms with E-state index in [9.17, 15) is 4.79 Å². The average molecular weight is 348 g/mol. The molecule has 0 bridgehead atoms. The fraction of sp³-hybridized carbons (Fsp3) is 0.176. The van der Waals surface area contributed by atoms with Crippen LogP contribution in [0.3, 0.4) is 0 Å². The van der Waals surface area contributed by atoms with Gasteiger partial charge in [0, 0.05) is 23.2 Å². The topological polar surface area (TPSA) is 44.7 Å². The number of hydrogen-bond acceptors (Lipinski definition) is 3. The van der Waals surface area contributed by atoms with E-state index < -0.39 is 0 Å². The third kappa shape index (κ3) is 2.80. The minimum absolute atomic E-state index is 0. The van der Waals surface area contributed by atoms with Gasteiger partial charge in [-0.25, -0.2) is 4.99 Å². The number of nitrogens with one attached hydrogen (secondary N) is 1. The van der Waals surface area contributed by atoms with Crippen LogP contribution in [0.25, 0.3) is 0 Å². The molecule has 2 heterocycles. The molecule has 2 aliphatic heterocycles. The first-order valence-electron chi connectivity index (χ1n) is 7.18. The van der Waals surface area contributed by atoms with Gasteiger partial charge in [-0.1, -0.05) is 41.9 Å². The van der Waals surface area contributed by atoms with Crippen LogP contribution >= 0.6 is 24.0 Å². The van der Waals surface area contributed by atoms with Gasteiger partial charge in [-0.15, -0.1) is 12.4 Å². The summed E-state index contributed by atoms with van der Waals surface area (Å²) in [5.41, 5.74) is 3.30. The quantitative estimate of drug-likeness (QED) is 0.857. The third-order valence-corrected chi connectivity index (χ3v) is 4.39. The maximum Gasteiger partial charge on any atom is 0.251 e. The van der Waals surface area contributed by atoms with Crippen molar-refractivity contribution in [3.8, 4) is 0 Å². The molecule has 2 aromatic rings. The van der Waals surface area contributed by atoms with Crippen molar-refractivity contribution in [2.24, 2.45) is 4.99 Å². The summed E-state index contributed by atoms with van der Waals surface area (Å²) in [4.78, 5) is 18.1. The standard InChI is InChI=1S/C17H14ClN3O.ClH/c18-12-7-5-11(6-8-12)14-10-21-16(22)9-19-17(21)20-15-4-2-1-3-13(14)15;/h1-8,14H,9-10H2,(H,19,20);1H. The lowest BCUT2D eigenvalue weighted by atomic mass is 9.90. The summed E-state index contributed by atoms with van der Waals surface area (Å²) in [5.74, 6) is 0.777. The van der Waals surface area contributed by atoms with Crippen molar-refractivity contribution in [3.63, 3.8) is 0 Å². The Balaban J connectivity index is 0.00000156. The summed E-state index contributed by atoms with van der Waals surface area (Å²) in [6, 6.07) is 15.9. The van der Waals surface area contributed by atoms with E-state index in [2.05, 4.69) is 16.4 Å². The van der Waals surface area contributed by atoms with E-state index in [4.69, 9.17) is 11.6 Å². The Bertz CT molecular complexity index is 774. The Morgan fingerprint density at radius 2 is 1.87 bits per heavy atom. The van der Waals surface area contributed by atoms with Crippen molar-refractivity contribution >= 4 is 41.6 Å². The molecule has 4 rings (SSSR count). The van der Waals surface area contributed by atoms with Gasteiger partial charge in [0.25, 0.3) is 5.91 Å². The van der Waals surface area contributed by atoms with Gasteiger partial charge in [-0.3, -0.25) is 9.69 Å². The van der Waals surface area contributed by atoms with Crippen LogP contribution in [0.4, 0.5) is 5.69 Å². The molecular formula is C17H15Cl2N3O. The maximum atomic E-state index is 12.1. The largest absolute Gasteiger partial charge is 0.326 e. The fourth-order valence-corrected chi connectivity index (χ4v) is 3.15. The second kappa shape index (κ2) is 6.22. The van der Waals surface area contributed by atoms with Crippen LogP contribution in [0, 0.1) is 0 Å². The lowest BCUT2D eigenvalue weighted by molar-refractivity contribution is -0.124. The van der Waals surface area contributed by atoms with Crippen LogP contribution in [0.1, 0.15) is 17.0 Å². The molecule has 1 atom stereocenters. The highest BCUT2D eigenvalue weighted by atomic mass is 35.5. The number of nitrogens with zero attached hydrogens (tertiary/aromatic N) is 2. The van der Waals surface area contributed by atoms with Gasteiger partial charge in [0.05, 0.1) is 0 Å². The van der Waals surface area contributed by atoms with Crippen molar-refractivity contribution in [3.05, 3.63) is 64.7 Å². The molecule has 2 aromatic carbocycles. The predicted octanol–water partition coefficient (Wildman–Crippen LogP) is 3.52. The van der Waals surface area contributed by atoms with Gasteiger partial charge in [-0.2, -0.15) is 0 Å². The summed E-state index contributed by atoms with van der Waals surface area (Å²) < 4.78 is 0. The Morgan fingerprint density at radius 1 is 1.13 bits per heavy atom. The number of hydrogen-bond donors (Lipinski definition) is 1. The SMILES string of the molecule is Cl.O=C1CN=C2Nc3ccccc3C(c3ccc(Cl)cc3)CN12. The van der Waals surface area contributed by atoms with Gasteiger partial charge < -0.3 is 5.32 Å². The summed E-state index contributed by atoms with van der Waals surface area (Å²) in [6.45, 7) is 0.807. The van der Waals surface area contributed by atoms with Crippen molar-refractivity contribution < 1.29 is 4.79 Å². The van der Waals surface area contributed by atoms with E-state index in [1.54, 1.807) is 4.90 Å². The molecule has 118 valence electrons. The Hall–Kier alpha value is -2.04. The number of fused-ring (bicyclic) bond motifs is 2. The molecule has 0 aromatic heterocycles. The number of anilines is 1. The number of carbonyl (C=O) groups excluding carboxylic acids is 1. The van der Waals surface area contributed by atoms with Crippen molar-refractivity contribution in [1.82, 2.24) is 4.90 Å². The van der Waals surface area contributed by atoms with Gasteiger partial charge in [0.15, 0.2) is 0 Å². The number of carbonyl (C=O) groups is 1. The first-order chi connectivity index (χ1) is 10.7. The number of guanidine groups is 1. The molecule has 2 aliphatic rings. The molecule has 0 aliphatic carbocycles. The van der Waals surface area contributed by atoms with Crippen LogP contribution < -0.4 is 5.32 Å². The molecule has 0 spiro atoms. The van der Waals surface area contributed by atoms with E-state index in [0.717, 1.165) is 16.8 Å². The van der Waals surface area contributed by atoms with E-state index in [-0.39, 0.29) is 30.8 Å². The zero-order valence-corrected chi connectivity index (χ0v) is 13.8. The van der Waals surface area contributed by atoms with Crippen LogP contribution in [0.2, 0.25) is 5.02 Å². The fourth-order valence-electron chi connectivity index (χ4n) is 3.02. The molecule has 6 heteroatoms. The number of rotatable bonds is 1. The van der Waals surface area contributed by atoms with Crippen LogP contribution in [0.15, 0.2) is 53.5 Å². The minimum Gasteiger partial charge on any atom is -0.326 e. The zero-order chi connectivity index (χ0) is 15.1. The highest BCUT2D eigenvalue weighted by Gasteiger charge is 2.33. The van der Waals surface area contributed by atoms with E-state index in [1.165, 1.54) is 0 Å². The molecule has 1 unspecified atom stereocenters. The normalized spacial score (nSPS) is 19.0. The molecule has 0 fully saturated rings. The number of para-hydroxylation sites is 1. The number of aliphatic imine (C=N–C) groups is 1. The van der Waals surface area contributed by atoms with Crippen molar-refractivity contribution in [2.45, 2.75) is 5.92 Å². The third-order valence-electron chi connectivity index (χ3n) is 4.14. The smallest absolute Gasteiger partial charge is 0.251 e. The maximum absolute atomic E-state index is 12.1. The summed E-state index contributed by atoms with van der Waals surface area (Å²) >= 11 is 6.00. The van der Waals surface area contributed by atoms with Gasteiger partial charge >= 0.3 is 0 Å². The molecule has 23 heavy (non-hydrogen) atoms. The number of benzene rings is 2. The van der Waals surface area contributed by atoms with Crippen LogP contribution in [-0.4, -0.2) is 29.9 Å². The second-order valence-electron chi connectivity index (χ2n) is 5.46. The molecule has 0 saturated carbocycles. The molecular weight excluding hydrogens is 333 g/mol. The highest BCUT2D eigenvalue weighted by molar-refractivity contribution is 6.30. The van der Waals surface area contributed by atoms with Crippen molar-refractivity contribution in [2.75, 3.05) is 18.4 Å². The monoisotopic (exact) mass is 347 g/mol. The summed E-state index contributed by atoms with van der Waals surface area (Å²) in [7, 11) is 0. The first-order valence-corrected chi connectivity index (χ1v) is 7.56. The van der Waals surface area contributed by atoms with Crippen LogP contribution in [0.5, 0.6) is 0 Å². The summed E-state index contributed by atoms with van der Waals surface area (Å²) in [6.07, 6.45) is 0. The molecule has 1 N–H and O–H groups in total. The Labute approximate surface area is 145 Å². The lowest BCUT2D eigenvalue weighted by Crippen LogP contribution is -2.37. The first kappa shape index (κ1) is 15.8. The molecule has 1 amide bonds. The molecule has 0 saturated heterocycles. The number of amides is 1. The van der Waals surface area contributed by atoms with Gasteiger partial charge in [0.2, 0.25) is 5.96 Å².